The van der Waals surface area contributed by atoms with Gasteiger partial charge in [-0.15, -0.1) is 0 Å². The van der Waals surface area contributed by atoms with Gasteiger partial charge in [-0.3, -0.25) is 4.79 Å². The number of alkyl carbamates (subject to hydrolysis) is 1. The summed E-state index contributed by atoms with van der Waals surface area (Å²) >= 11 is 6.87. The van der Waals surface area contributed by atoms with Gasteiger partial charge in [0, 0.05) is 48.1 Å². The minimum atomic E-state index is -1.32. The summed E-state index contributed by atoms with van der Waals surface area (Å²) in [6, 6.07) is 13.5. The fourth-order valence-corrected chi connectivity index (χ4v) is 6.77. The Morgan fingerprint density at radius 2 is 1.98 bits per heavy atom. The first kappa shape index (κ1) is 31.3. The summed E-state index contributed by atoms with van der Waals surface area (Å²) in [7, 11) is 1.32. The number of hydrogen-bond acceptors (Lipinski definition) is 6. The Balaban J connectivity index is 1.70. The number of hydrogen-bond donors (Lipinski definition) is 4. The third kappa shape index (κ3) is 7.05. The van der Waals surface area contributed by atoms with Crippen LogP contribution >= 0.6 is 11.6 Å². The first-order valence-corrected chi connectivity index (χ1v) is 15.1. The van der Waals surface area contributed by atoms with Crippen LogP contribution in [0.3, 0.4) is 0 Å². The number of piperidine rings is 1. The third-order valence-corrected chi connectivity index (χ3v) is 9.16. The molecule has 4 rings (SSSR count). The van der Waals surface area contributed by atoms with E-state index >= 15 is 0 Å². The number of carbonyl (C=O) groups is 2. The first-order chi connectivity index (χ1) is 19.5. The summed E-state index contributed by atoms with van der Waals surface area (Å²) in [4.78, 5) is 27.0. The van der Waals surface area contributed by atoms with Crippen LogP contribution in [0.5, 0.6) is 0 Å². The molecule has 9 heteroatoms. The number of ether oxygens (including phenoxy) is 1. The van der Waals surface area contributed by atoms with Gasteiger partial charge < -0.3 is 30.9 Å². The standard InChI is InChI=1S/C32H44ClN3O5/c1-20(2)21-8-4-9-22(16-21)29-25(11-5-12-26(29)33)32(40,13-7-14-35-31(39)41-3)24-10-6-15-36(19-24)30(38)23-17-27(34)28(37)18-23/h4-5,8-9,11-12,16,20,23-24,27-28,37,40H,6-7,10,13-15,17-19,34H2,1-3H3,(H,35,39)/t23-,24+,27+,28-,32-/m0/s1. The van der Waals surface area contributed by atoms with Crippen LogP contribution in [0.4, 0.5) is 4.79 Å². The summed E-state index contributed by atoms with van der Waals surface area (Å²) in [5, 5.41) is 26.1. The van der Waals surface area contributed by atoms with Gasteiger partial charge in [0.25, 0.3) is 0 Å². The van der Waals surface area contributed by atoms with E-state index in [-0.39, 0.29) is 23.8 Å². The van der Waals surface area contributed by atoms with Gasteiger partial charge in [0.1, 0.15) is 0 Å². The van der Waals surface area contributed by atoms with Crippen LogP contribution in [0, 0.1) is 11.8 Å². The van der Waals surface area contributed by atoms with Gasteiger partial charge in [0.05, 0.1) is 18.8 Å². The average Bonchev–Trinajstić information content (AvgIpc) is 3.32. The van der Waals surface area contributed by atoms with Crippen molar-refractivity contribution in [2.45, 2.75) is 76.0 Å². The maximum absolute atomic E-state index is 13.5. The van der Waals surface area contributed by atoms with Gasteiger partial charge >= 0.3 is 6.09 Å². The molecule has 2 amide bonds. The number of nitrogens with two attached hydrogens (primary N) is 1. The Bertz CT molecular complexity index is 1210. The smallest absolute Gasteiger partial charge is 0.406 e. The number of amides is 2. The van der Waals surface area contributed by atoms with Crippen molar-refractivity contribution in [3.63, 3.8) is 0 Å². The zero-order valence-electron chi connectivity index (χ0n) is 24.3. The molecule has 1 heterocycles. The molecule has 224 valence electrons. The Hall–Kier alpha value is -2.65. The predicted molar refractivity (Wildman–Crippen MR) is 161 cm³/mol. The number of benzene rings is 2. The van der Waals surface area contributed by atoms with E-state index in [9.17, 15) is 19.8 Å². The lowest BCUT2D eigenvalue weighted by Gasteiger charge is -2.44. The van der Waals surface area contributed by atoms with Crippen LogP contribution in [-0.2, 0) is 15.1 Å². The van der Waals surface area contributed by atoms with Gasteiger partial charge in [-0.25, -0.2) is 4.79 Å². The van der Waals surface area contributed by atoms with E-state index in [4.69, 9.17) is 22.1 Å². The van der Waals surface area contributed by atoms with Crippen molar-refractivity contribution in [2.75, 3.05) is 26.7 Å². The molecule has 1 aliphatic heterocycles. The maximum atomic E-state index is 13.5. The normalized spacial score (nSPS) is 24.2. The Morgan fingerprint density at radius 1 is 1.22 bits per heavy atom. The third-order valence-electron chi connectivity index (χ3n) is 8.85. The van der Waals surface area contributed by atoms with Crippen molar-refractivity contribution in [1.82, 2.24) is 10.2 Å². The number of aliphatic hydroxyl groups excluding tert-OH is 1. The number of aliphatic hydroxyl groups is 2. The first-order valence-electron chi connectivity index (χ1n) is 14.7. The Labute approximate surface area is 248 Å². The number of nitrogens with one attached hydrogen (secondary N) is 1. The molecule has 2 aromatic rings. The van der Waals surface area contributed by atoms with E-state index in [2.05, 4.69) is 31.3 Å². The van der Waals surface area contributed by atoms with E-state index in [0.717, 1.165) is 29.5 Å². The molecule has 2 aromatic carbocycles. The van der Waals surface area contributed by atoms with Crippen LogP contribution in [0.2, 0.25) is 5.02 Å². The number of nitrogens with zero attached hydrogens (tertiary/aromatic N) is 1. The molecule has 1 saturated heterocycles. The van der Waals surface area contributed by atoms with Crippen LogP contribution in [0.1, 0.15) is 69.4 Å². The van der Waals surface area contributed by atoms with Crippen LogP contribution in [0.25, 0.3) is 11.1 Å². The van der Waals surface area contributed by atoms with Crippen LogP contribution in [0.15, 0.2) is 42.5 Å². The molecular formula is C32H44ClN3O5. The lowest BCUT2D eigenvalue weighted by atomic mass is 9.72. The van der Waals surface area contributed by atoms with Gasteiger partial charge in [0.2, 0.25) is 5.91 Å². The highest BCUT2D eigenvalue weighted by Crippen LogP contribution is 2.46. The molecule has 0 spiro atoms. The molecule has 5 atom stereocenters. The quantitative estimate of drug-likeness (QED) is 0.314. The molecule has 0 aromatic heterocycles. The van der Waals surface area contributed by atoms with Crippen molar-refractivity contribution in [3.8, 4) is 11.1 Å². The van der Waals surface area contributed by atoms with Crippen molar-refractivity contribution < 1.29 is 24.5 Å². The molecular weight excluding hydrogens is 542 g/mol. The second kappa shape index (κ2) is 13.6. The highest BCUT2D eigenvalue weighted by atomic mass is 35.5. The summed E-state index contributed by atoms with van der Waals surface area (Å²) in [6.45, 7) is 5.61. The number of carbonyl (C=O) groups excluding carboxylic acids is 2. The highest BCUT2D eigenvalue weighted by molar-refractivity contribution is 6.33. The monoisotopic (exact) mass is 585 g/mol. The molecule has 1 aliphatic carbocycles. The molecule has 0 unspecified atom stereocenters. The van der Waals surface area contributed by atoms with Crippen molar-refractivity contribution in [2.24, 2.45) is 17.6 Å². The summed E-state index contributed by atoms with van der Waals surface area (Å²) < 4.78 is 4.71. The zero-order valence-corrected chi connectivity index (χ0v) is 25.1. The summed E-state index contributed by atoms with van der Waals surface area (Å²) in [5.41, 5.74) is 8.30. The van der Waals surface area contributed by atoms with E-state index in [1.807, 2.05) is 35.2 Å². The average molecular weight is 586 g/mol. The fourth-order valence-electron chi connectivity index (χ4n) is 6.49. The second-order valence-electron chi connectivity index (χ2n) is 11.9. The topological polar surface area (TPSA) is 125 Å². The Kier molecular flexibility index (Phi) is 10.3. The second-order valence-corrected chi connectivity index (χ2v) is 12.3. The fraction of sp³-hybridized carbons (Fsp3) is 0.562. The van der Waals surface area contributed by atoms with Crippen molar-refractivity contribution in [1.29, 1.82) is 0 Å². The largest absolute Gasteiger partial charge is 0.453 e. The summed E-state index contributed by atoms with van der Waals surface area (Å²) in [5.74, 6) is -0.253. The minimum Gasteiger partial charge on any atom is -0.453 e. The molecule has 0 bridgehead atoms. The number of likely N-dealkylation sites (tertiary alicyclic amines) is 1. The van der Waals surface area contributed by atoms with Crippen LogP contribution in [-0.4, -0.2) is 66.0 Å². The van der Waals surface area contributed by atoms with Crippen LogP contribution < -0.4 is 11.1 Å². The minimum absolute atomic E-state index is 0.00707. The lowest BCUT2D eigenvalue weighted by Crippen LogP contribution is -2.49. The Morgan fingerprint density at radius 3 is 2.66 bits per heavy atom. The van der Waals surface area contributed by atoms with Gasteiger partial charge in [-0.2, -0.15) is 0 Å². The van der Waals surface area contributed by atoms with Crippen molar-refractivity contribution in [3.05, 3.63) is 58.6 Å². The molecule has 2 fully saturated rings. The molecule has 0 radical (unpaired) electrons. The number of methoxy groups -OCH3 is 1. The number of rotatable bonds is 9. The van der Waals surface area contributed by atoms with Crippen molar-refractivity contribution >= 4 is 23.6 Å². The predicted octanol–water partition coefficient (Wildman–Crippen LogP) is 4.79. The maximum Gasteiger partial charge on any atom is 0.406 e. The molecule has 2 aliphatic rings. The van der Waals surface area contributed by atoms with Gasteiger partial charge in [-0.05, 0) is 67.2 Å². The molecule has 1 saturated carbocycles. The number of halogens is 1. The SMILES string of the molecule is COC(=O)NCCC[C@@](O)(c1cccc(Cl)c1-c1cccc(C(C)C)c1)[C@@H]1CCCN(C(=O)[C@H]2C[C@@H](N)[C@@H](O)C2)C1. The van der Waals surface area contributed by atoms with E-state index in [1.54, 1.807) is 0 Å². The molecule has 8 nitrogen and oxygen atoms in total. The van der Waals surface area contributed by atoms with E-state index < -0.39 is 17.8 Å². The van der Waals surface area contributed by atoms with E-state index in [0.29, 0.717) is 56.3 Å². The molecule has 41 heavy (non-hydrogen) atoms. The lowest BCUT2D eigenvalue weighted by molar-refractivity contribution is -0.141. The van der Waals surface area contributed by atoms with Gasteiger partial charge in [0.15, 0.2) is 0 Å². The highest BCUT2D eigenvalue weighted by Gasteiger charge is 2.44. The van der Waals surface area contributed by atoms with E-state index in [1.165, 1.54) is 12.7 Å². The zero-order chi connectivity index (χ0) is 29.7. The summed E-state index contributed by atoms with van der Waals surface area (Å²) in [6.07, 6.45) is 1.98. The molecule has 5 N–H and O–H groups in total. The van der Waals surface area contributed by atoms with Gasteiger partial charge in [-0.1, -0.05) is 61.8 Å².